The summed E-state index contributed by atoms with van der Waals surface area (Å²) in [6.07, 6.45) is 1.38. The van der Waals surface area contributed by atoms with Crippen molar-refractivity contribution in [1.82, 2.24) is 0 Å². The Morgan fingerprint density at radius 2 is 1.71 bits per heavy atom. The Balaban J connectivity index is 3.15. The predicted molar refractivity (Wildman–Crippen MR) is 34.6 cm³/mol. The number of hydrogen-bond donors (Lipinski definition) is 0. The van der Waals surface area contributed by atoms with Crippen molar-refractivity contribution >= 4 is 22.5 Å². The van der Waals surface area contributed by atoms with Gasteiger partial charge < -0.3 is 0 Å². The molecule has 0 spiro atoms. The summed E-state index contributed by atoms with van der Waals surface area (Å²) in [5.74, 6) is 0. The molecule has 0 amide bonds. The van der Waals surface area contributed by atoms with Crippen molar-refractivity contribution in [1.29, 1.82) is 0 Å². The summed E-state index contributed by atoms with van der Waals surface area (Å²) >= 11 is 1.67. The molecule has 0 saturated heterocycles. The Morgan fingerprint density at radius 3 is 1.71 bits per heavy atom. The van der Waals surface area contributed by atoms with Crippen LogP contribution in [0.5, 0.6) is 0 Å². The molecule has 0 aliphatic carbocycles. The average Bonchev–Trinajstić information content (AvgIpc) is 1.30. The molecular weight excluding hydrogens is 191 g/mol. The van der Waals surface area contributed by atoms with E-state index in [1.165, 1.54) is 10.9 Å². The molecule has 0 fully saturated rings. The Kier molecular flexibility index (Phi) is 3.29. The standard InChI is InChI=1S/C6H13.Sn/c1-5-6(2,3)4;/h1,5H2,2-4H3;/q;+3. The van der Waals surface area contributed by atoms with Crippen LogP contribution < -0.4 is 0 Å². The molecule has 0 rings (SSSR count). The summed E-state index contributed by atoms with van der Waals surface area (Å²) < 4.78 is 1.40. The van der Waals surface area contributed by atoms with Crippen molar-refractivity contribution in [3.05, 3.63) is 0 Å². The Hall–Kier alpha value is 0.799. The summed E-state index contributed by atoms with van der Waals surface area (Å²) in [5.41, 5.74) is 0.573. The Bertz CT molecular complexity index is 42.6. The van der Waals surface area contributed by atoms with E-state index in [4.69, 9.17) is 0 Å². The van der Waals surface area contributed by atoms with Crippen LogP contribution in [0, 0.1) is 5.41 Å². The number of hydrogen-bond acceptors (Lipinski definition) is 0. The zero-order valence-electron chi connectivity index (χ0n) is 5.41. The molecule has 0 saturated carbocycles. The summed E-state index contributed by atoms with van der Waals surface area (Å²) in [5, 5.41) is 0. The fraction of sp³-hybridized carbons (Fsp3) is 1.00. The van der Waals surface area contributed by atoms with Crippen LogP contribution in [0.1, 0.15) is 27.2 Å². The second-order valence-corrected chi connectivity index (χ2v) is 4.49. The van der Waals surface area contributed by atoms with Crippen LogP contribution in [0.4, 0.5) is 0 Å². The molecule has 0 aromatic carbocycles. The molecule has 0 unspecified atom stereocenters. The van der Waals surface area contributed by atoms with E-state index >= 15 is 0 Å². The molecule has 38 valence electrons. The minimum absolute atomic E-state index is 0.573. The summed E-state index contributed by atoms with van der Waals surface area (Å²) in [6, 6.07) is 0. The average molecular weight is 204 g/mol. The van der Waals surface area contributed by atoms with Gasteiger partial charge in [-0.2, -0.15) is 0 Å². The topological polar surface area (TPSA) is 0 Å². The van der Waals surface area contributed by atoms with Gasteiger partial charge in [0.25, 0.3) is 0 Å². The molecular formula is C6H13Sn+3. The van der Waals surface area contributed by atoms with Gasteiger partial charge in [-0.1, -0.05) is 0 Å². The van der Waals surface area contributed by atoms with E-state index in [0.717, 1.165) is 0 Å². The van der Waals surface area contributed by atoms with Gasteiger partial charge in [-0.15, -0.1) is 0 Å². The van der Waals surface area contributed by atoms with Crippen molar-refractivity contribution in [2.45, 2.75) is 31.6 Å². The third-order valence-electron chi connectivity index (χ3n) is 0.875. The maximum absolute atomic E-state index is 2.29. The molecule has 0 radical (unpaired) electrons. The predicted octanol–water partition coefficient (Wildman–Crippen LogP) is 2.01. The number of rotatable bonds is 1. The van der Waals surface area contributed by atoms with Gasteiger partial charge in [0.1, 0.15) is 0 Å². The van der Waals surface area contributed by atoms with Crippen LogP contribution in [0.2, 0.25) is 4.44 Å². The summed E-state index contributed by atoms with van der Waals surface area (Å²) in [7, 11) is 0. The molecule has 0 aromatic rings. The summed E-state index contributed by atoms with van der Waals surface area (Å²) in [6.45, 7) is 6.87. The second kappa shape index (κ2) is 2.95. The molecule has 0 heterocycles. The normalized spacial score (nSPS) is 12.1. The van der Waals surface area contributed by atoms with Crippen LogP contribution >= 0.6 is 0 Å². The maximum atomic E-state index is 2.29. The van der Waals surface area contributed by atoms with Gasteiger partial charge in [0.2, 0.25) is 0 Å². The van der Waals surface area contributed by atoms with E-state index in [-0.39, 0.29) is 0 Å². The molecule has 0 bridgehead atoms. The zero-order valence-corrected chi connectivity index (χ0v) is 8.27. The quantitative estimate of drug-likeness (QED) is 0.573. The first-order chi connectivity index (χ1) is 3.06. The minimum atomic E-state index is 0.573. The molecule has 0 aliphatic heterocycles. The van der Waals surface area contributed by atoms with Gasteiger partial charge >= 0.3 is 59.6 Å². The van der Waals surface area contributed by atoms with E-state index in [0.29, 0.717) is 5.41 Å². The third-order valence-corrected chi connectivity index (χ3v) is 1.59. The molecule has 0 nitrogen and oxygen atoms in total. The SMILES string of the molecule is CC(C)(C)C[CH2][Sn+3]. The Labute approximate surface area is 59.8 Å². The van der Waals surface area contributed by atoms with Crippen molar-refractivity contribution in [3.63, 3.8) is 0 Å². The molecule has 7 heavy (non-hydrogen) atoms. The Morgan fingerprint density at radius 1 is 1.29 bits per heavy atom. The van der Waals surface area contributed by atoms with Crippen LogP contribution in [0.15, 0.2) is 0 Å². The molecule has 0 aliphatic rings. The third kappa shape index (κ3) is 6.80. The first-order valence-corrected chi connectivity index (χ1v) is 4.73. The van der Waals surface area contributed by atoms with Crippen LogP contribution in [-0.2, 0) is 0 Å². The molecule has 0 atom stereocenters. The van der Waals surface area contributed by atoms with E-state index in [9.17, 15) is 0 Å². The van der Waals surface area contributed by atoms with Crippen molar-refractivity contribution in [2.24, 2.45) is 5.41 Å². The molecule has 0 aromatic heterocycles. The fourth-order valence-corrected chi connectivity index (χ4v) is 2.52. The van der Waals surface area contributed by atoms with Gasteiger partial charge in [0, 0.05) is 0 Å². The summed E-state index contributed by atoms with van der Waals surface area (Å²) in [4.78, 5) is 0. The van der Waals surface area contributed by atoms with Crippen molar-refractivity contribution in [2.75, 3.05) is 0 Å². The fourth-order valence-electron chi connectivity index (χ4n) is 0.375. The van der Waals surface area contributed by atoms with Crippen molar-refractivity contribution in [3.8, 4) is 0 Å². The van der Waals surface area contributed by atoms with Crippen LogP contribution in [-0.4, -0.2) is 22.5 Å². The van der Waals surface area contributed by atoms with E-state index in [2.05, 4.69) is 20.8 Å². The first-order valence-electron chi connectivity index (χ1n) is 2.71. The van der Waals surface area contributed by atoms with Gasteiger partial charge in [0.15, 0.2) is 0 Å². The zero-order chi connectivity index (χ0) is 5.91. The van der Waals surface area contributed by atoms with Crippen LogP contribution in [0.25, 0.3) is 0 Å². The van der Waals surface area contributed by atoms with Gasteiger partial charge in [-0.05, 0) is 0 Å². The van der Waals surface area contributed by atoms with Gasteiger partial charge in [-0.3, -0.25) is 0 Å². The van der Waals surface area contributed by atoms with Crippen molar-refractivity contribution < 1.29 is 0 Å². The van der Waals surface area contributed by atoms with E-state index in [1.54, 1.807) is 22.5 Å². The van der Waals surface area contributed by atoms with E-state index < -0.39 is 0 Å². The van der Waals surface area contributed by atoms with Crippen LogP contribution in [0.3, 0.4) is 0 Å². The molecule has 0 N–H and O–H groups in total. The second-order valence-electron chi connectivity index (χ2n) is 3.06. The first kappa shape index (κ1) is 7.80. The van der Waals surface area contributed by atoms with Gasteiger partial charge in [-0.25, -0.2) is 0 Å². The molecule has 1 heteroatoms. The monoisotopic (exact) mass is 205 g/mol. The van der Waals surface area contributed by atoms with Gasteiger partial charge in [0.05, 0.1) is 0 Å². The van der Waals surface area contributed by atoms with E-state index in [1.807, 2.05) is 0 Å².